The van der Waals surface area contributed by atoms with Crippen LogP contribution in [0.3, 0.4) is 0 Å². The molecule has 0 heterocycles. The lowest BCUT2D eigenvalue weighted by atomic mass is 9.86. The van der Waals surface area contributed by atoms with E-state index < -0.39 is 12.5 Å². The quantitative estimate of drug-likeness (QED) is 0.801. The molecule has 0 aliphatic rings. The van der Waals surface area contributed by atoms with Crippen LogP contribution < -0.4 is 5.73 Å². The minimum Gasteiger partial charge on any atom is -0.319 e. The monoisotopic (exact) mass is 213 g/mol. The van der Waals surface area contributed by atoms with Crippen LogP contribution in [0, 0.1) is 0 Å². The Morgan fingerprint density at radius 1 is 1.07 bits per heavy atom. The third kappa shape index (κ3) is 2.99. The fourth-order valence-corrected chi connectivity index (χ4v) is 1.35. The van der Waals surface area contributed by atoms with Gasteiger partial charge in [0.25, 0.3) is 6.43 Å². The van der Waals surface area contributed by atoms with Crippen molar-refractivity contribution in [2.45, 2.75) is 38.7 Å². The number of rotatable bonds is 2. The van der Waals surface area contributed by atoms with E-state index in [0.717, 1.165) is 5.56 Å². The minimum atomic E-state index is -2.51. The van der Waals surface area contributed by atoms with E-state index in [0.29, 0.717) is 5.56 Å². The summed E-state index contributed by atoms with van der Waals surface area (Å²) in [5.74, 6) is 0. The topological polar surface area (TPSA) is 26.0 Å². The van der Waals surface area contributed by atoms with E-state index in [1.54, 1.807) is 12.1 Å². The van der Waals surface area contributed by atoms with Gasteiger partial charge in [0.1, 0.15) is 0 Å². The summed E-state index contributed by atoms with van der Waals surface area (Å²) in [7, 11) is 0. The summed E-state index contributed by atoms with van der Waals surface area (Å²) in [5, 5.41) is 0. The van der Waals surface area contributed by atoms with Gasteiger partial charge in [-0.3, -0.25) is 0 Å². The second-order valence-corrected chi connectivity index (χ2v) is 4.73. The maximum atomic E-state index is 12.3. The number of alkyl halides is 2. The molecule has 1 atom stereocenters. The first-order valence-corrected chi connectivity index (χ1v) is 4.96. The van der Waals surface area contributed by atoms with Gasteiger partial charge in [-0.25, -0.2) is 8.78 Å². The van der Waals surface area contributed by atoms with Crippen molar-refractivity contribution in [3.8, 4) is 0 Å². The molecule has 0 aliphatic carbocycles. The molecular weight excluding hydrogens is 196 g/mol. The fourth-order valence-electron chi connectivity index (χ4n) is 1.35. The van der Waals surface area contributed by atoms with E-state index in [-0.39, 0.29) is 5.41 Å². The van der Waals surface area contributed by atoms with Crippen molar-refractivity contribution in [1.29, 1.82) is 0 Å². The van der Waals surface area contributed by atoms with Gasteiger partial charge in [-0.05, 0) is 16.5 Å². The zero-order valence-corrected chi connectivity index (χ0v) is 9.30. The van der Waals surface area contributed by atoms with Crippen LogP contribution in [0.1, 0.15) is 37.9 Å². The van der Waals surface area contributed by atoms with E-state index in [1.165, 1.54) is 0 Å². The van der Waals surface area contributed by atoms with Crippen molar-refractivity contribution in [2.75, 3.05) is 0 Å². The lowest BCUT2D eigenvalue weighted by Crippen LogP contribution is -2.19. The van der Waals surface area contributed by atoms with E-state index >= 15 is 0 Å². The molecule has 0 bridgehead atoms. The third-order valence-corrected chi connectivity index (χ3v) is 2.43. The first-order chi connectivity index (χ1) is 6.82. The van der Waals surface area contributed by atoms with E-state index in [2.05, 4.69) is 20.8 Å². The molecule has 1 nitrogen and oxygen atoms in total. The first-order valence-electron chi connectivity index (χ1n) is 4.96. The average Bonchev–Trinajstić information content (AvgIpc) is 2.15. The highest BCUT2D eigenvalue weighted by Gasteiger charge is 2.18. The number of hydrogen-bond donors (Lipinski definition) is 1. The molecule has 1 unspecified atom stereocenters. The predicted molar refractivity (Wildman–Crippen MR) is 58.1 cm³/mol. The van der Waals surface area contributed by atoms with Gasteiger partial charge in [0, 0.05) is 0 Å². The Bertz CT molecular complexity index is 311. The highest BCUT2D eigenvalue weighted by molar-refractivity contribution is 5.29. The molecule has 84 valence electrons. The van der Waals surface area contributed by atoms with Crippen molar-refractivity contribution in [3.63, 3.8) is 0 Å². The molecule has 1 aromatic carbocycles. The molecule has 1 aromatic rings. The van der Waals surface area contributed by atoms with Crippen LogP contribution in [-0.4, -0.2) is 6.43 Å². The normalized spacial score (nSPS) is 14.3. The summed E-state index contributed by atoms with van der Waals surface area (Å²) in [4.78, 5) is 0. The van der Waals surface area contributed by atoms with Gasteiger partial charge in [-0.15, -0.1) is 0 Å². The molecule has 0 fully saturated rings. The zero-order valence-electron chi connectivity index (χ0n) is 9.30. The molecule has 0 amide bonds. The molecule has 0 spiro atoms. The Morgan fingerprint density at radius 3 is 1.87 bits per heavy atom. The van der Waals surface area contributed by atoms with Gasteiger partial charge in [0.05, 0.1) is 6.04 Å². The average molecular weight is 213 g/mol. The molecule has 0 saturated heterocycles. The molecule has 2 N–H and O–H groups in total. The summed E-state index contributed by atoms with van der Waals surface area (Å²) >= 11 is 0. The van der Waals surface area contributed by atoms with E-state index in [9.17, 15) is 8.78 Å². The van der Waals surface area contributed by atoms with Crippen molar-refractivity contribution in [3.05, 3.63) is 35.4 Å². The molecule has 0 aliphatic heterocycles. The second kappa shape index (κ2) is 4.27. The van der Waals surface area contributed by atoms with Gasteiger partial charge in [0.2, 0.25) is 0 Å². The molecule has 0 radical (unpaired) electrons. The Balaban J connectivity index is 2.91. The highest BCUT2D eigenvalue weighted by Crippen LogP contribution is 2.24. The number of nitrogens with two attached hydrogens (primary N) is 1. The molecule has 0 saturated carbocycles. The molecule has 1 rings (SSSR count). The van der Waals surface area contributed by atoms with Gasteiger partial charge >= 0.3 is 0 Å². The SMILES string of the molecule is CC(C)(C)c1ccc(C(N)C(F)F)cc1. The van der Waals surface area contributed by atoms with Crippen molar-refractivity contribution < 1.29 is 8.78 Å². The largest absolute Gasteiger partial charge is 0.319 e. The van der Waals surface area contributed by atoms with E-state index in [4.69, 9.17) is 5.73 Å². The van der Waals surface area contributed by atoms with Crippen LogP contribution >= 0.6 is 0 Å². The Kier molecular flexibility index (Phi) is 3.45. The van der Waals surface area contributed by atoms with Gasteiger partial charge in [-0.2, -0.15) is 0 Å². The van der Waals surface area contributed by atoms with Crippen LogP contribution in [0.2, 0.25) is 0 Å². The number of benzene rings is 1. The maximum Gasteiger partial charge on any atom is 0.257 e. The summed E-state index contributed by atoms with van der Waals surface area (Å²) in [6.07, 6.45) is -2.51. The summed E-state index contributed by atoms with van der Waals surface area (Å²) in [6, 6.07) is 5.89. The number of halogens is 2. The maximum absolute atomic E-state index is 12.3. The summed E-state index contributed by atoms with van der Waals surface area (Å²) < 4.78 is 24.6. The minimum absolute atomic E-state index is 0.0352. The summed E-state index contributed by atoms with van der Waals surface area (Å²) in [5.41, 5.74) is 6.98. The second-order valence-electron chi connectivity index (χ2n) is 4.73. The van der Waals surface area contributed by atoms with Crippen LogP contribution in [-0.2, 0) is 5.41 Å². The van der Waals surface area contributed by atoms with Gasteiger partial charge in [0.15, 0.2) is 0 Å². The lowest BCUT2D eigenvalue weighted by molar-refractivity contribution is 0.116. The van der Waals surface area contributed by atoms with E-state index in [1.807, 2.05) is 12.1 Å². The number of hydrogen-bond acceptors (Lipinski definition) is 1. The van der Waals surface area contributed by atoms with Gasteiger partial charge < -0.3 is 5.73 Å². The van der Waals surface area contributed by atoms with Crippen LogP contribution in [0.5, 0.6) is 0 Å². The molecular formula is C12H17F2N. The molecule has 0 aromatic heterocycles. The van der Waals surface area contributed by atoms with Crippen LogP contribution in [0.4, 0.5) is 8.78 Å². The van der Waals surface area contributed by atoms with Crippen molar-refractivity contribution >= 4 is 0 Å². The lowest BCUT2D eigenvalue weighted by Gasteiger charge is -2.20. The third-order valence-electron chi connectivity index (χ3n) is 2.43. The smallest absolute Gasteiger partial charge is 0.257 e. The fraction of sp³-hybridized carbons (Fsp3) is 0.500. The standard InChI is InChI=1S/C12H17F2N/c1-12(2,3)9-6-4-8(5-7-9)10(15)11(13)14/h4-7,10-11H,15H2,1-3H3. The molecule has 3 heteroatoms. The zero-order chi connectivity index (χ0) is 11.6. The van der Waals surface area contributed by atoms with Crippen molar-refractivity contribution in [2.24, 2.45) is 5.73 Å². The summed E-state index contributed by atoms with van der Waals surface area (Å²) in [6.45, 7) is 6.24. The molecule has 15 heavy (non-hydrogen) atoms. The Hall–Kier alpha value is -0.960. The first kappa shape index (κ1) is 12.1. The van der Waals surface area contributed by atoms with Crippen molar-refractivity contribution in [1.82, 2.24) is 0 Å². The van der Waals surface area contributed by atoms with Gasteiger partial charge in [-0.1, -0.05) is 45.0 Å². The van der Waals surface area contributed by atoms with Crippen LogP contribution in [0.15, 0.2) is 24.3 Å². The predicted octanol–water partition coefficient (Wildman–Crippen LogP) is 3.25. The van der Waals surface area contributed by atoms with Crippen LogP contribution in [0.25, 0.3) is 0 Å². The highest BCUT2D eigenvalue weighted by atomic mass is 19.3. The Labute approximate surface area is 89.3 Å². The Morgan fingerprint density at radius 2 is 1.53 bits per heavy atom.